The molecule has 1 amide bonds. The number of benzene rings is 2. The van der Waals surface area contributed by atoms with Crippen molar-refractivity contribution in [2.45, 2.75) is 6.92 Å². The van der Waals surface area contributed by atoms with Gasteiger partial charge in [-0.05, 0) is 60.6 Å². The molecule has 2 aromatic carbocycles. The summed E-state index contributed by atoms with van der Waals surface area (Å²) in [5.74, 6) is 1.06. The third-order valence-corrected chi connectivity index (χ3v) is 5.68. The first-order chi connectivity index (χ1) is 13.5. The third-order valence-electron chi connectivity index (χ3n) is 4.12. The largest absolute Gasteiger partial charge is 0.457 e. The van der Waals surface area contributed by atoms with E-state index >= 15 is 0 Å². The molecule has 28 heavy (non-hydrogen) atoms. The van der Waals surface area contributed by atoms with E-state index in [9.17, 15) is 4.79 Å². The molecule has 7 heteroatoms. The smallest absolute Gasteiger partial charge is 0.264 e. The van der Waals surface area contributed by atoms with Crippen LogP contribution >= 0.6 is 35.0 Å². The van der Waals surface area contributed by atoms with Crippen molar-refractivity contribution in [2.24, 2.45) is 4.99 Å². The molecule has 0 atom stereocenters. The number of aliphatic imine (C=N–C) groups is 1. The van der Waals surface area contributed by atoms with Gasteiger partial charge in [0.15, 0.2) is 5.17 Å². The summed E-state index contributed by atoms with van der Waals surface area (Å²) >= 11 is 13.4. The standard InChI is InChI=1S/C21H14Cl2N2O2S/c1-12-16(6-3-7-17(12)23)18-9-8-15(27-18)11-19-20(26)25-21(28-19)24-14-5-2-4-13(22)10-14/h2-11H,1H3,(H,24,25,26)/b19-11-. The van der Waals surface area contributed by atoms with Gasteiger partial charge in [-0.1, -0.05) is 41.4 Å². The molecule has 1 aliphatic heterocycles. The van der Waals surface area contributed by atoms with Crippen molar-refractivity contribution in [1.82, 2.24) is 5.32 Å². The number of carbonyl (C=O) groups is 1. The van der Waals surface area contributed by atoms with Crippen LogP contribution in [-0.4, -0.2) is 11.1 Å². The number of amides is 1. The van der Waals surface area contributed by atoms with E-state index in [4.69, 9.17) is 27.6 Å². The molecule has 1 aromatic heterocycles. The van der Waals surface area contributed by atoms with E-state index in [1.807, 2.05) is 49.4 Å². The molecule has 4 nitrogen and oxygen atoms in total. The van der Waals surface area contributed by atoms with Gasteiger partial charge in [0.2, 0.25) is 0 Å². The van der Waals surface area contributed by atoms with Gasteiger partial charge in [0.05, 0.1) is 10.6 Å². The summed E-state index contributed by atoms with van der Waals surface area (Å²) in [5, 5.41) is 4.52. The molecule has 0 aliphatic carbocycles. The summed E-state index contributed by atoms with van der Waals surface area (Å²) in [6, 6.07) is 16.5. The molecule has 3 aromatic rings. The third kappa shape index (κ3) is 4.02. The second-order valence-corrected chi connectivity index (χ2v) is 7.95. The van der Waals surface area contributed by atoms with Crippen LogP contribution in [0.5, 0.6) is 0 Å². The first kappa shape index (κ1) is 18.9. The van der Waals surface area contributed by atoms with Crippen molar-refractivity contribution in [3.63, 3.8) is 0 Å². The fraction of sp³-hybridized carbons (Fsp3) is 0.0476. The van der Waals surface area contributed by atoms with Gasteiger partial charge in [-0.2, -0.15) is 0 Å². The van der Waals surface area contributed by atoms with Crippen molar-refractivity contribution < 1.29 is 9.21 Å². The van der Waals surface area contributed by atoms with Crippen molar-refractivity contribution in [3.8, 4) is 11.3 Å². The lowest BCUT2D eigenvalue weighted by Crippen LogP contribution is -2.19. The Balaban J connectivity index is 1.57. The maximum atomic E-state index is 12.3. The summed E-state index contributed by atoms with van der Waals surface area (Å²) in [4.78, 5) is 17.2. The lowest BCUT2D eigenvalue weighted by atomic mass is 10.1. The minimum absolute atomic E-state index is 0.220. The molecule has 1 saturated heterocycles. The fourth-order valence-corrected chi connectivity index (χ4v) is 3.90. The summed E-state index contributed by atoms with van der Waals surface area (Å²) in [6.45, 7) is 1.94. The van der Waals surface area contributed by atoms with Crippen LogP contribution in [0.3, 0.4) is 0 Å². The molecule has 1 fully saturated rings. The minimum Gasteiger partial charge on any atom is -0.457 e. The highest BCUT2D eigenvalue weighted by molar-refractivity contribution is 8.18. The Kier molecular flexibility index (Phi) is 5.31. The number of thioether (sulfide) groups is 1. The number of furan rings is 1. The van der Waals surface area contributed by atoms with Gasteiger partial charge in [0.1, 0.15) is 11.5 Å². The molecular formula is C21H14Cl2N2O2S. The lowest BCUT2D eigenvalue weighted by Gasteiger charge is -2.03. The van der Waals surface area contributed by atoms with E-state index in [2.05, 4.69) is 10.3 Å². The first-order valence-corrected chi connectivity index (χ1v) is 9.97. The fourth-order valence-electron chi connectivity index (χ4n) is 2.72. The van der Waals surface area contributed by atoms with Crippen molar-refractivity contribution in [3.05, 3.63) is 80.9 Å². The van der Waals surface area contributed by atoms with Crippen LogP contribution in [0.4, 0.5) is 5.69 Å². The predicted molar refractivity (Wildman–Crippen MR) is 116 cm³/mol. The van der Waals surface area contributed by atoms with Crippen molar-refractivity contribution in [2.75, 3.05) is 0 Å². The van der Waals surface area contributed by atoms with E-state index in [0.717, 1.165) is 11.1 Å². The van der Waals surface area contributed by atoms with Gasteiger partial charge in [0.25, 0.3) is 5.91 Å². The lowest BCUT2D eigenvalue weighted by molar-refractivity contribution is -0.115. The van der Waals surface area contributed by atoms with Gasteiger partial charge >= 0.3 is 0 Å². The predicted octanol–water partition coefficient (Wildman–Crippen LogP) is 6.45. The van der Waals surface area contributed by atoms with E-state index in [-0.39, 0.29) is 5.91 Å². The van der Waals surface area contributed by atoms with Crippen LogP contribution < -0.4 is 5.32 Å². The maximum absolute atomic E-state index is 12.3. The van der Waals surface area contributed by atoms with Crippen LogP contribution in [0, 0.1) is 6.92 Å². The normalized spacial score (nSPS) is 16.8. The Morgan fingerprint density at radius 3 is 2.75 bits per heavy atom. The van der Waals surface area contributed by atoms with Crippen LogP contribution in [0.2, 0.25) is 10.0 Å². The zero-order valence-corrected chi connectivity index (χ0v) is 17.0. The quantitative estimate of drug-likeness (QED) is 0.487. The van der Waals surface area contributed by atoms with Crippen LogP contribution in [-0.2, 0) is 4.79 Å². The molecule has 0 spiro atoms. The number of amidine groups is 1. The Morgan fingerprint density at radius 2 is 1.93 bits per heavy atom. The monoisotopic (exact) mass is 428 g/mol. The van der Waals surface area contributed by atoms with Crippen LogP contribution in [0.15, 0.2) is 68.9 Å². The zero-order chi connectivity index (χ0) is 19.7. The maximum Gasteiger partial charge on any atom is 0.264 e. The minimum atomic E-state index is -0.220. The van der Waals surface area contributed by atoms with E-state index in [0.29, 0.717) is 37.3 Å². The number of nitrogens with zero attached hydrogens (tertiary/aromatic N) is 1. The van der Waals surface area contributed by atoms with E-state index < -0.39 is 0 Å². The number of carbonyl (C=O) groups excluding carboxylic acids is 1. The number of rotatable bonds is 3. The van der Waals surface area contributed by atoms with Gasteiger partial charge in [-0.3, -0.25) is 4.79 Å². The average molecular weight is 429 g/mol. The molecule has 1 aliphatic rings. The number of nitrogens with one attached hydrogen (secondary N) is 1. The zero-order valence-electron chi connectivity index (χ0n) is 14.7. The Bertz CT molecular complexity index is 1130. The second kappa shape index (κ2) is 7.87. The highest BCUT2D eigenvalue weighted by Gasteiger charge is 2.24. The van der Waals surface area contributed by atoms with Crippen LogP contribution in [0.25, 0.3) is 17.4 Å². The van der Waals surface area contributed by atoms with Crippen molar-refractivity contribution >= 4 is 57.8 Å². The van der Waals surface area contributed by atoms with E-state index in [1.165, 1.54) is 11.8 Å². The molecular weight excluding hydrogens is 415 g/mol. The molecule has 0 saturated carbocycles. The first-order valence-electron chi connectivity index (χ1n) is 8.40. The summed E-state index contributed by atoms with van der Waals surface area (Å²) in [5.41, 5.74) is 2.54. The van der Waals surface area contributed by atoms with Gasteiger partial charge in [0, 0.05) is 21.7 Å². The van der Waals surface area contributed by atoms with Crippen molar-refractivity contribution in [1.29, 1.82) is 0 Å². The molecule has 4 rings (SSSR count). The van der Waals surface area contributed by atoms with Gasteiger partial charge in [-0.15, -0.1) is 0 Å². The van der Waals surface area contributed by atoms with E-state index in [1.54, 1.807) is 18.2 Å². The van der Waals surface area contributed by atoms with Crippen LogP contribution in [0.1, 0.15) is 11.3 Å². The highest BCUT2D eigenvalue weighted by atomic mass is 35.5. The molecule has 0 radical (unpaired) electrons. The second-order valence-electron chi connectivity index (χ2n) is 6.08. The summed E-state index contributed by atoms with van der Waals surface area (Å²) < 4.78 is 5.90. The molecule has 0 bridgehead atoms. The Morgan fingerprint density at radius 1 is 1.11 bits per heavy atom. The molecule has 2 heterocycles. The number of halogens is 2. The SMILES string of the molecule is Cc1c(Cl)cccc1-c1ccc(/C=C2\SC(=Nc3cccc(Cl)c3)NC2=O)o1. The molecule has 1 N–H and O–H groups in total. The molecule has 0 unspecified atom stereocenters. The Labute approximate surface area is 176 Å². The summed E-state index contributed by atoms with van der Waals surface area (Å²) in [6.07, 6.45) is 1.70. The van der Waals surface area contributed by atoms with Gasteiger partial charge < -0.3 is 9.73 Å². The topological polar surface area (TPSA) is 54.6 Å². The summed E-state index contributed by atoms with van der Waals surface area (Å²) in [7, 11) is 0. The molecule has 140 valence electrons. The Hall–Kier alpha value is -2.47. The average Bonchev–Trinajstić information content (AvgIpc) is 3.25. The highest BCUT2D eigenvalue weighted by Crippen LogP contribution is 2.32. The van der Waals surface area contributed by atoms with Gasteiger partial charge in [-0.25, -0.2) is 4.99 Å². The number of hydrogen-bond acceptors (Lipinski definition) is 4. The number of hydrogen-bond donors (Lipinski definition) is 1.